The highest BCUT2D eigenvalue weighted by atomic mass is 35.5. The summed E-state index contributed by atoms with van der Waals surface area (Å²) in [6.45, 7) is 0. The summed E-state index contributed by atoms with van der Waals surface area (Å²) >= 11 is 6.20. The van der Waals surface area contributed by atoms with Crippen LogP contribution in [0.25, 0.3) is 38.5 Å². The molecule has 0 aliphatic rings. The monoisotopic (exact) mass is 416 g/mol. The molecule has 4 aromatic carbocycles. The summed E-state index contributed by atoms with van der Waals surface area (Å²) in [5.41, 5.74) is 0.202. The summed E-state index contributed by atoms with van der Waals surface area (Å²) in [7, 11) is 0. The molecule has 0 amide bonds. The number of rotatable bonds is 2. The molecule has 0 fully saturated rings. The second-order valence-corrected chi connectivity index (χ2v) is 7.33. The molecule has 0 aliphatic carbocycles. The van der Waals surface area contributed by atoms with Crippen LogP contribution in [0.1, 0.15) is 0 Å². The number of aromatic nitrogens is 2. The first-order valence-corrected chi connectivity index (χ1v) is 9.64. The van der Waals surface area contributed by atoms with Gasteiger partial charge < -0.3 is 4.98 Å². The lowest BCUT2D eigenvalue weighted by atomic mass is 10.0. The molecule has 146 valence electrons. The minimum atomic E-state index is -0.597. The van der Waals surface area contributed by atoms with Crippen LogP contribution in [0.4, 0.5) is 4.39 Å². The van der Waals surface area contributed by atoms with Gasteiger partial charge in [-0.15, -0.1) is 0 Å². The van der Waals surface area contributed by atoms with Gasteiger partial charge in [0.15, 0.2) is 0 Å². The van der Waals surface area contributed by atoms with E-state index in [1.54, 1.807) is 36.4 Å². The van der Waals surface area contributed by atoms with Crippen molar-refractivity contribution in [3.8, 4) is 16.8 Å². The van der Waals surface area contributed by atoms with E-state index in [0.29, 0.717) is 16.3 Å². The fraction of sp³-hybridized carbons (Fsp3) is 0. The molecule has 30 heavy (non-hydrogen) atoms. The highest BCUT2D eigenvalue weighted by Gasteiger charge is 2.16. The fourth-order valence-electron chi connectivity index (χ4n) is 3.75. The van der Waals surface area contributed by atoms with Crippen molar-refractivity contribution >= 4 is 33.3 Å². The minimum absolute atomic E-state index is 0.0795. The number of aromatic amines is 1. The van der Waals surface area contributed by atoms with Gasteiger partial charge in [0.25, 0.3) is 5.56 Å². The number of fused-ring (bicyclic) bond motifs is 2. The molecule has 5 rings (SSSR count). The lowest BCUT2D eigenvalue weighted by Gasteiger charge is -2.11. The predicted octanol–water partition coefficient (Wildman–Crippen LogP) is 5.29. The summed E-state index contributed by atoms with van der Waals surface area (Å²) in [6, 6.07) is 22.2. The Morgan fingerprint density at radius 3 is 2.37 bits per heavy atom. The van der Waals surface area contributed by atoms with Crippen molar-refractivity contribution in [2.24, 2.45) is 0 Å². The van der Waals surface area contributed by atoms with Gasteiger partial charge in [0, 0.05) is 21.5 Å². The molecule has 6 heteroatoms. The fourth-order valence-corrected chi connectivity index (χ4v) is 3.98. The number of halogens is 2. The Hall–Kier alpha value is -3.70. The van der Waals surface area contributed by atoms with E-state index in [9.17, 15) is 14.0 Å². The van der Waals surface area contributed by atoms with Gasteiger partial charge in [-0.3, -0.25) is 4.79 Å². The smallest absolute Gasteiger partial charge is 0.306 e. The Morgan fingerprint density at radius 1 is 0.800 bits per heavy atom. The number of benzene rings is 4. The molecule has 0 saturated heterocycles. The molecule has 5 aromatic rings. The molecule has 4 nitrogen and oxygen atoms in total. The average molecular weight is 417 g/mol. The molecular formula is C24H14ClFN2O2. The van der Waals surface area contributed by atoms with Crippen LogP contribution in [-0.2, 0) is 0 Å². The van der Waals surface area contributed by atoms with Crippen LogP contribution in [-0.4, -0.2) is 9.55 Å². The van der Waals surface area contributed by atoms with E-state index < -0.39 is 17.1 Å². The maximum absolute atomic E-state index is 15.0. The second kappa shape index (κ2) is 6.97. The van der Waals surface area contributed by atoms with Crippen molar-refractivity contribution in [3.05, 3.63) is 111 Å². The standard InChI is InChI=1S/C24H14ClFN2O2/c25-19-10-4-3-9-16(19)17-13-21-18(12-20(17)26)23(29)28(24(30)27-21)22-11-5-7-14-6-1-2-8-15(14)22/h1-13H,(H,27,30). The van der Waals surface area contributed by atoms with E-state index >= 15 is 0 Å². The van der Waals surface area contributed by atoms with Gasteiger partial charge in [0.1, 0.15) is 5.82 Å². The topological polar surface area (TPSA) is 54.9 Å². The number of nitrogens with one attached hydrogen (secondary N) is 1. The second-order valence-electron chi connectivity index (χ2n) is 6.93. The van der Waals surface area contributed by atoms with Crippen LogP contribution < -0.4 is 11.2 Å². The molecule has 0 aliphatic heterocycles. The Bertz CT molecular complexity index is 1560. The third kappa shape index (κ3) is 2.83. The largest absolute Gasteiger partial charge is 0.333 e. The molecule has 0 spiro atoms. The van der Waals surface area contributed by atoms with Gasteiger partial charge >= 0.3 is 5.69 Å². The van der Waals surface area contributed by atoms with E-state index in [1.165, 1.54) is 6.07 Å². The lowest BCUT2D eigenvalue weighted by molar-refractivity contribution is 0.632. The summed E-state index contributed by atoms with van der Waals surface area (Å²) < 4.78 is 16.0. The van der Waals surface area contributed by atoms with Crippen molar-refractivity contribution in [2.45, 2.75) is 0 Å². The third-order valence-corrected chi connectivity index (χ3v) is 5.49. The maximum Gasteiger partial charge on any atom is 0.333 e. The van der Waals surface area contributed by atoms with E-state index in [4.69, 9.17) is 11.6 Å². The van der Waals surface area contributed by atoms with Crippen LogP contribution in [0.15, 0.2) is 88.5 Å². The van der Waals surface area contributed by atoms with Crippen molar-refractivity contribution in [3.63, 3.8) is 0 Å². The van der Waals surface area contributed by atoms with Crippen LogP contribution in [0.2, 0.25) is 5.02 Å². The Morgan fingerprint density at radius 2 is 1.53 bits per heavy atom. The number of nitrogens with zero attached hydrogens (tertiary/aromatic N) is 1. The van der Waals surface area contributed by atoms with Gasteiger partial charge in [-0.25, -0.2) is 13.8 Å². The van der Waals surface area contributed by atoms with E-state index in [1.807, 2.05) is 30.3 Å². The molecule has 0 atom stereocenters. The van der Waals surface area contributed by atoms with Gasteiger partial charge in [0.05, 0.1) is 16.6 Å². The molecular weight excluding hydrogens is 403 g/mol. The number of H-pyrrole nitrogens is 1. The zero-order valence-electron chi connectivity index (χ0n) is 15.5. The van der Waals surface area contributed by atoms with E-state index in [0.717, 1.165) is 21.4 Å². The first kappa shape index (κ1) is 18.3. The Labute approximate surface area is 174 Å². The molecule has 1 aromatic heterocycles. The van der Waals surface area contributed by atoms with Gasteiger partial charge in [0.2, 0.25) is 0 Å². The first-order chi connectivity index (χ1) is 14.5. The zero-order valence-corrected chi connectivity index (χ0v) is 16.3. The van der Waals surface area contributed by atoms with Crippen LogP contribution in [0.3, 0.4) is 0 Å². The van der Waals surface area contributed by atoms with Crippen LogP contribution >= 0.6 is 11.6 Å². The lowest BCUT2D eigenvalue weighted by Crippen LogP contribution is -2.33. The highest BCUT2D eigenvalue weighted by molar-refractivity contribution is 6.33. The number of hydrogen-bond donors (Lipinski definition) is 1. The molecule has 0 unspecified atom stereocenters. The van der Waals surface area contributed by atoms with Crippen LogP contribution in [0.5, 0.6) is 0 Å². The van der Waals surface area contributed by atoms with Crippen molar-refractivity contribution in [1.29, 1.82) is 0 Å². The van der Waals surface area contributed by atoms with Crippen molar-refractivity contribution in [2.75, 3.05) is 0 Å². The van der Waals surface area contributed by atoms with E-state index in [2.05, 4.69) is 4.98 Å². The van der Waals surface area contributed by atoms with Gasteiger partial charge in [-0.1, -0.05) is 66.2 Å². The zero-order chi connectivity index (χ0) is 20.8. The third-order valence-electron chi connectivity index (χ3n) is 5.16. The average Bonchev–Trinajstić information content (AvgIpc) is 2.75. The summed E-state index contributed by atoms with van der Waals surface area (Å²) in [5, 5.41) is 2.10. The summed E-state index contributed by atoms with van der Waals surface area (Å²) in [5.74, 6) is -0.593. The Kier molecular flexibility index (Phi) is 4.26. The molecule has 0 radical (unpaired) electrons. The number of hydrogen-bond acceptors (Lipinski definition) is 2. The van der Waals surface area contributed by atoms with Crippen LogP contribution in [0, 0.1) is 5.82 Å². The van der Waals surface area contributed by atoms with Crippen molar-refractivity contribution < 1.29 is 4.39 Å². The SMILES string of the molecule is O=c1[nH]c2cc(-c3ccccc3Cl)c(F)cc2c(=O)n1-c1cccc2ccccc12. The molecule has 0 saturated carbocycles. The van der Waals surface area contributed by atoms with E-state index in [-0.39, 0.29) is 16.5 Å². The molecule has 1 heterocycles. The summed E-state index contributed by atoms with van der Waals surface area (Å²) in [6.07, 6.45) is 0. The predicted molar refractivity (Wildman–Crippen MR) is 118 cm³/mol. The van der Waals surface area contributed by atoms with Gasteiger partial charge in [-0.05, 0) is 29.7 Å². The quantitative estimate of drug-likeness (QED) is 0.425. The summed E-state index contributed by atoms with van der Waals surface area (Å²) in [4.78, 5) is 28.8. The van der Waals surface area contributed by atoms with Crippen molar-refractivity contribution in [1.82, 2.24) is 9.55 Å². The molecule has 1 N–H and O–H groups in total. The minimum Gasteiger partial charge on any atom is -0.306 e. The van der Waals surface area contributed by atoms with Gasteiger partial charge in [-0.2, -0.15) is 0 Å². The first-order valence-electron chi connectivity index (χ1n) is 9.26. The normalized spacial score (nSPS) is 11.3. The maximum atomic E-state index is 15.0. The Balaban J connectivity index is 1.81. The molecule has 0 bridgehead atoms. The highest BCUT2D eigenvalue weighted by Crippen LogP contribution is 2.31.